The average molecular weight is 530 g/mol. The maximum absolute atomic E-state index is 13.3. The van der Waals surface area contributed by atoms with Crippen molar-refractivity contribution in [1.29, 1.82) is 0 Å². The van der Waals surface area contributed by atoms with Crippen molar-refractivity contribution in [3.05, 3.63) is 70.8 Å². The fraction of sp³-hybridized carbons (Fsp3) is 0.250. The first-order valence-corrected chi connectivity index (χ1v) is 9.37. The highest BCUT2D eigenvalue weighted by Gasteiger charge is 2.09. The van der Waals surface area contributed by atoms with E-state index in [0.717, 1.165) is 11.1 Å². The summed E-state index contributed by atoms with van der Waals surface area (Å²) in [7, 11) is 0. The first kappa shape index (κ1) is 23.1. The summed E-state index contributed by atoms with van der Waals surface area (Å²) >= 11 is 6.00. The molecule has 1 aromatic heterocycles. The summed E-state index contributed by atoms with van der Waals surface area (Å²) in [6.07, 6.45) is 0.540. The Hall–Kier alpha value is -2.20. The summed E-state index contributed by atoms with van der Waals surface area (Å²) in [6.45, 7) is 3.64. The number of nitrogens with one attached hydrogen (secondary N) is 2. The Labute approximate surface area is 191 Å². The minimum Gasteiger partial charge on any atom is -0.357 e. The zero-order chi connectivity index (χ0) is 19.8. The number of aromatic nitrogens is 2. The molecular weight excluding hydrogens is 508 g/mol. The molecule has 0 atom stereocenters. The molecule has 9 heteroatoms. The fourth-order valence-electron chi connectivity index (χ4n) is 2.54. The second-order valence-corrected chi connectivity index (χ2v) is 6.46. The van der Waals surface area contributed by atoms with Crippen LogP contribution < -0.4 is 10.6 Å². The van der Waals surface area contributed by atoms with E-state index in [1.807, 2.05) is 25.1 Å². The van der Waals surface area contributed by atoms with E-state index >= 15 is 0 Å². The molecule has 3 aromatic rings. The summed E-state index contributed by atoms with van der Waals surface area (Å²) in [6, 6.07) is 13.7. The minimum atomic E-state index is -0.266. The topological polar surface area (TPSA) is 75.3 Å². The minimum absolute atomic E-state index is 0. The average Bonchev–Trinajstić information content (AvgIpc) is 3.15. The third-order valence-corrected chi connectivity index (χ3v) is 4.07. The van der Waals surface area contributed by atoms with Crippen LogP contribution in [0, 0.1) is 5.82 Å². The van der Waals surface area contributed by atoms with Crippen molar-refractivity contribution in [3.63, 3.8) is 0 Å². The number of guanidine groups is 1. The van der Waals surface area contributed by atoms with E-state index < -0.39 is 0 Å². The van der Waals surface area contributed by atoms with E-state index in [0.29, 0.717) is 48.8 Å². The van der Waals surface area contributed by atoms with Gasteiger partial charge < -0.3 is 15.2 Å². The number of rotatable bonds is 7. The summed E-state index contributed by atoms with van der Waals surface area (Å²) in [5.74, 6) is 1.39. The number of aliphatic imine (C=N–C) groups is 1. The highest BCUT2D eigenvalue weighted by Crippen LogP contribution is 2.19. The van der Waals surface area contributed by atoms with Crippen LogP contribution in [0.2, 0.25) is 5.02 Å². The lowest BCUT2D eigenvalue weighted by molar-refractivity contribution is 0.378. The molecule has 154 valence electrons. The Kier molecular flexibility index (Phi) is 9.33. The van der Waals surface area contributed by atoms with Gasteiger partial charge in [-0.1, -0.05) is 41.0 Å². The lowest BCUT2D eigenvalue weighted by Gasteiger charge is -2.10. The molecule has 0 fully saturated rings. The van der Waals surface area contributed by atoms with Gasteiger partial charge in [0.25, 0.3) is 0 Å². The monoisotopic (exact) mass is 529 g/mol. The molecule has 0 amide bonds. The van der Waals surface area contributed by atoms with Crippen LogP contribution in [-0.4, -0.2) is 29.2 Å². The van der Waals surface area contributed by atoms with E-state index in [1.54, 1.807) is 18.2 Å². The van der Waals surface area contributed by atoms with Crippen LogP contribution in [0.1, 0.15) is 18.4 Å². The molecular formula is C20H22ClFIN5O. The van der Waals surface area contributed by atoms with E-state index in [-0.39, 0.29) is 29.8 Å². The maximum atomic E-state index is 13.3. The number of benzene rings is 2. The van der Waals surface area contributed by atoms with Crippen molar-refractivity contribution < 1.29 is 8.91 Å². The van der Waals surface area contributed by atoms with Crippen molar-refractivity contribution >= 4 is 41.5 Å². The summed E-state index contributed by atoms with van der Waals surface area (Å²) in [4.78, 5) is 8.85. The Balaban J connectivity index is 0.00000300. The molecule has 0 bridgehead atoms. The molecule has 0 aliphatic carbocycles. The van der Waals surface area contributed by atoms with E-state index in [9.17, 15) is 4.39 Å². The van der Waals surface area contributed by atoms with E-state index in [1.165, 1.54) is 12.1 Å². The largest absolute Gasteiger partial charge is 0.357 e. The predicted molar refractivity (Wildman–Crippen MR) is 123 cm³/mol. The molecule has 0 radical (unpaired) electrons. The third kappa shape index (κ3) is 7.28. The highest BCUT2D eigenvalue weighted by molar-refractivity contribution is 14.0. The fourth-order valence-corrected chi connectivity index (χ4v) is 2.73. The van der Waals surface area contributed by atoms with Gasteiger partial charge in [0, 0.05) is 30.1 Å². The molecule has 1 heterocycles. The van der Waals surface area contributed by atoms with Gasteiger partial charge in [0.1, 0.15) is 5.82 Å². The quantitative estimate of drug-likeness (QED) is 0.269. The zero-order valence-corrected chi connectivity index (χ0v) is 18.9. The van der Waals surface area contributed by atoms with Crippen LogP contribution in [0.5, 0.6) is 0 Å². The number of hydrogen-bond donors (Lipinski definition) is 2. The number of hydrogen-bond acceptors (Lipinski definition) is 4. The van der Waals surface area contributed by atoms with Gasteiger partial charge in [-0.2, -0.15) is 4.98 Å². The van der Waals surface area contributed by atoms with Gasteiger partial charge in [-0.25, -0.2) is 9.38 Å². The lowest BCUT2D eigenvalue weighted by Crippen LogP contribution is -2.38. The lowest BCUT2D eigenvalue weighted by atomic mass is 10.2. The summed E-state index contributed by atoms with van der Waals surface area (Å²) in [5.41, 5.74) is 1.61. The molecule has 29 heavy (non-hydrogen) atoms. The van der Waals surface area contributed by atoms with Crippen LogP contribution >= 0.6 is 35.6 Å². The summed E-state index contributed by atoms with van der Waals surface area (Å²) < 4.78 is 18.6. The molecule has 0 aliphatic rings. The normalized spacial score (nSPS) is 11.1. The molecule has 0 saturated carbocycles. The molecule has 2 N–H and O–H groups in total. The third-order valence-electron chi connectivity index (χ3n) is 3.84. The molecule has 0 spiro atoms. The van der Waals surface area contributed by atoms with Crippen molar-refractivity contribution in [1.82, 2.24) is 20.8 Å². The molecule has 3 rings (SSSR count). The second kappa shape index (κ2) is 11.7. The Morgan fingerprint density at radius 2 is 2.00 bits per heavy atom. The zero-order valence-electron chi connectivity index (χ0n) is 15.9. The molecule has 2 aromatic carbocycles. The van der Waals surface area contributed by atoms with Crippen molar-refractivity contribution in [3.8, 4) is 11.4 Å². The smallest absolute Gasteiger partial charge is 0.228 e. The number of halogens is 3. The first-order valence-electron chi connectivity index (χ1n) is 8.99. The van der Waals surface area contributed by atoms with Crippen LogP contribution in [0.3, 0.4) is 0 Å². The van der Waals surface area contributed by atoms with Crippen LogP contribution in [0.25, 0.3) is 11.4 Å². The molecule has 0 unspecified atom stereocenters. The van der Waals surface area contributed by atoms with Gasteiger partial charge in [-0.15, -0.1) is 24.0 Å². The van der Waals surface area contributed by atoms with Crippen molar-refractivity contribution in [2.45, 2.75) is 19.9 Å². The molecule has 0 saturated heterocycles. The van der Waals surface area contributed by atoms with Gasteiger partial charge in [0.15, 0.2) is 5.96 Å². The van der Waals surface area contributed by atoms with Gasteiger partial charge >= 0.3 is 0 Å². The molecule has 0 aliphatic heterocycles. The van der Waals surface area contributed by atoms with E-state index in [4.69, 9.17) is 16.1 Å². The second-order valence-electron chi connectivity index (χ2n) is 6.02. The highest BCUT2D eigenvalue weighted by atomic mass is 127. The molecule has 6 nitrogen and oxygen atoms in total. The number of nitrogens with zero attached hydrogens (tertiary/aromatic N) is 3. The van der Waals surface area contributed by atoms with Gasteiger partial charge in [0.05, 0.1) is 6.54 Å². The van der Waals surface area contributed by atoms with E-state index in [2.05, 4.69) is 25.8 Å². The maximum Gasteiger partial charge on any atom is 0.228 e. The van der Waals surface area contributed by atoms with Crippen LogP contribution in [-0.2, 0) is 13.0 Å². The summed E-state index contributed by atoms with van der Waals surface area (Å²) in [5, 5.41) is 11.0. The Bertz CT molecular complexity index is 950. The van der Waals surface area contributed by atoms with Gasteiger partial charge in [-0.3, -0.25) is 0 Å². The van der Waals surface area contributed by atoms with Gasteiger partial charge in [-0.05, 0) is 36.8 Å². The first-order chi connectivity index (χ1) is 13.6. The standard InChI is InChI=1S/C20H21ClFN5O.HI/c1-2-23-20(25-13-14-5-3-8-17(22)11-14)24-10-9-18-26-19(27-28-18)15-6-4-7-16(21)12-15;/h3-8,11-12H,2,9-10,13H2,1H3,(H2,23,24,25);1H. The van der Waals surface area contributed by atoms with Crippen LogP contribution in [0.15, 0.2) is 58.0 Å². The van der Waals surface area contributed by atoms with Crippen molar-refractivity contribution in [2.24, 2.45) is 4.99 Å². The SMILES string of the molecule is CCNC(=NCc1cccc(F)c1)NCCc1nc(-c2cccc(Cl)c2)no1.I. The predicted octanol–water partition coefficient (Wildman–Crippen LogP) is 4.44. The van der Waals surface area contributed by atoms with Crippen molar-refractivity contribution in [2.75, 3.05) is 13.1 Å². The Morgan fingerprint density at radius 3 is 2.76 bits per heavy atom. The van der Waals surface area contributed by atoms with Gasteiger partial charge in [0.2, 0.25) is 11.7 Å². The van der Waals surface area contributed by atoms with Crippen LogP contribution in [0.4, 0.5) is 4.39 Å². The Morgan fingerprint density at radius 1 is 1.17 bits per heavy atom.